The molecule has 2 heterocycles. The van der Waals surface area contributed by atoms with E-state index in [9.17, 15) is 0 Å². The molecule has 0 spiro atoms. The molecule has 0 radical (unpaired) electrons. The van der Waals surface area contributed by atoms with Crippen LogP contribution in [0.15, 0.2) is 18.2 Å². The third kappa shape index (κ3) is 5.19. The molecule has 0 aliphatic carbocycles. The molecule has 1 aliphatic heterocycles. The average molecular weight is 276 g/mol. The Morgan fingerprint density at radius 1 is 1.05 bits per heavy atom. The van der Waals surface area contributed by atoms with E-state index in [1.54, 1.807) is 0 Å². The predicted octanol–water partition coefficient (Wildman–Crippen LogP) is 1.64. The van der Waals surface area contributed by atoms with Crippen molar-refractivity contribution in [3.8, 4) is 0 Å². The molecule has 112 valence electrons. The summed E-state index contributed by atoms with van der Waals surface area (Å²) < 4.78 is 0. The first-order chi connectivity index (χ1) is 9.78. The Balaban J connectivity index is 1.66. The van der Waals surface area contributed by atoms with Gasteiger partial charge in [0.05, 0.1) is 5.69 Å². The third-order valence-corrected chi connectivity index (χ3v) is 3.97. The number of piperazine rings is 1. The topological polar surface area (TPSA) is 45.4 Å². The van der Waals surface area contributed by atoms with Crippen molar-refractivity contribution in [1.82, 2.24) is 14.8 Å². The van der Waals surface area contributed by atoms with Gasteiger partial charge >= 0.3 is 0 Å². The predicted molar refractivity (Wildman–Crippen MR) is 83.6 cm³/mol. The zero-order chi connectivity index (χ0) is 14.2. The fourth-order valence-corrected chi connectivity index (χ4v) is 2.74. The number of aryl methyl sites for hydroxylation is 1. The number of nitrogens with two attached hydrogens (primary N) is 1. The molecule has 4 heteroatoms. The van der Waals surface area contributed by atoms with Crippen molar-refractivity contribution in [1.29, 1.82) is 0 Å². The van der Waals surface area contributed by atoms with E-state index in [4.69, 9.17) is 5.73 Å². The molecule has 2 N–H and O–H groups in total. The minimum Gasteiger partial charge on any atom is -0.330 e. The SMILES string of the molecule is Cc1cccc(CN2CCN(CCCCCN)CC2)n1. The number of hydrogen-bond acceptors (Lipinski definition) is 4. The number of hydrogen-bond donors (Lipinski definition) is 1. The monoisotopic (exact) mass is 276 g/mol. The Labute approximate surface area is 123 Å². The van der Waals surface area contributed by atoms with Crippen LogP contribution in [0.3, 0.4) is 0 Å². The summed E-state index contributed by atoms with van der Waals surface area (Å²) >= 11 is 0. The van der Waals surface area contributed by atoms with Gasteiger partial charge in [0.25, 0.3) is 0 Å². The molecule has 0 atom stereocenters. The van der Waals surface area contributed by atoms with Crippen LogP contribution >= 0.6 is 0 Å². The van der Waals surface area contributed by atoms with Crippen molar-refractivity contribution in [3.63, 3.8) is 0 Å². The fraction of sp³-hybridized carbons (Fsp3) is 0.688. The van der Waals surface area contributed by atoms with Gasteiger partial charge in [0, 0.05) is 38.4 Å². The second-order valence-electron chi connectivity index (χ2n) is 5.74. The van der Waals surface area contributed by atoms with Crippen molar-refractivity contribution >= 4 is 0 Å². The number of pyridine rings is 1. The van der Waals surface area contributed by atoms with Crippen LogP contribution in [0.4, 0.5) is 0 Å². The lowest BCUT2D eigenvalue weighted by Gasteiger charge is -2.34. The lowest BCUT2D eigenvalue weighted by molar-refractivity contribution is 0.124. The van der Waals surface area contributed by atoms with Crippen molar-refractivity contribution in [2.45, 2.75) is 32.7 Å². The molecule has 1 fully saturated rings. The molecular weight excluding hydrogens is 248 g/mol. The van der Waals surface area contributed by atoms with Gasteiger partial charge in [-0.1, -0.05) is 12.5 Å². The fourth-order valence-electron chi connectivity index (χ4n) is 2.74. The maximum absolute atomic E-state index is 5.52. The molecule has 1 aromatic rings. The highest BCUT2D eigenvalue weighted by atomic mass is 15.3. The lowest BCUT2D eigenvalue weighted by Crippen LogP contribution is -2.46. The Bertz CT molecular complexity index is 386. The van der Waals surface area contributed by atoms with Gasteiger partial charge in [-0.15, -0.1) is 0 Å². The highest BCUT2D eigenvalue weighted by Gasteiger charge is 2.16. The van der Waals surface area contributed by atoms with Crippen LogP contribution in [0.2, 0.25) is 0 Å². The van der Waals surface area contributed by atoms with Gasteiger partial charge in [-0.25, -0.2) is 0 Å². The van der Waals surface area contributed by atoms with Gasteiger partial charge in [-0.2, -0.15) is 0 Å². The van der Waals surface area contributed by atoms with E-state index in [1.165, 1.54) is 44.6 Å². The van der Waals surface area contributed by atoms with Gasteiger partial charge in [-0.3, -0.25) is 9.88 Å². The highest BCUT2D eigenvalue weighted by Crippen LogP contribution is 2.08. The first kappa shape index (κ1) is 15.4. The first-order valence-electron chi connectivity index (χ1n) is 7.85. The zero-order valence-corrected chi connectivity index (χ0v) is 12.7. The van der Waals surface area contributed by atoms with Gasteiger partial charge < -0.3 is 10.6 Å². The number of rotatable bonds is 7. The van der Waals surface area contributed by atoms with E-state index in [0.29, 0.717) is 0 Å². The second kappa shape index (κ2) is 8.35. The summed E-state index contributed by atoms with van der Waals surface area (Å²) in [5.74, 6) is 0. The minimum absolute atomic E-state index is 0.831. The summed E-state index contributed by atoms with van der Waals surface area (Å²) in [6, 6.07) is 6.29. The Morgan fingerprint density at radius 3 is 2.50 bits per heavy atom. The molecule has 2 rings (SSSR count). The molecule has 0 unspecified atom stereocenters. The largest absolute Gasteiger partial charge is 0.330 e. The molecular formula is C16H28N4. The maximum Gasteiger partial charge on any atom is 0.0547 e. The summed E-state index contributed by atoms with van der Waals surface area (Å²) in [5.41, 5.74) is 7.83. The smallest absolute Gasteiger partial charge is 0.0547 e. The van der Waals surface area contributed by atoms with E-state index < -0.39 is 0 Å². The van der Waals surface area contributed by atoms with E-state index in [1.807, 2.05) is 0 Å². The van der Waals surface area contributed by atoms with Crippen molar-refractivity contribution in [2.24, 2.45) is 5.73 Å². The Hall–Kier alpha value is -0.970. The van der Waals surface area contributed by atoms with Gasteiger partial charge in [0.2, 0.25) is 0 Å². The number of unbranched alkanes of at least 4 members (excludes halogenated alkanes) is 2. The number of aromatic nitrogens is 1. The molecule has 0 saturated carbocycles. The molecule has 0 bridgehead atoms. The normalized spacial score (nSPS) is 17.5. The lowest BCUT2D eigenvalue weighted by atomic mass is 10.2. The van der Waals surface area contributed by atoms with Crippen molar-refractivity contribution in [3.05, 3.63) is 29.6 Å². The van der Waals surface area contributed by atoms with Crippen LogP contribution in [-0.4, -0.2) is 54.1 Å². The third-order valence-electron chi connectivity index (χ3n) is 3.97. The zero-order valence-electron chi connectivity index (χ0n) is 12.7. The Morgan fingerprint density at radius 2 is 1.80 bits per heavy atom. The van der Waals surface area contributed by atoms with Crippen LogP contribution < -0.4 is 5.73 Å². The molecule has 0 amide bonds. The van der Waals surface area contributed by atoms with Gasteiger partial charge in [-0.05, 0) is 45.0 Å². The van der Waals surface area contributed by atoms with Gasteiger partial charge in [0.1, 0.15) is 0 Å². The van der Waals surface area contributed by atoms with E-state index in [2.05, 4.69) is 39.9 Å². The van der Waals surface area contributed by atoms with Crippen LogP contribution in [0, 0.1) is 6.92 Å². The molecule has 1 aromatic heterocycles. The molecule has 20 heavy (non-hydrogen) atoms. The number of nitrogens with zero attached hydrogens (tertiary/aromatic N) is 3. The molecule has 4 nitrogen and oxygen atoms in total. The maximum atomic E-state index is 5.52. The summed E-state index contributed by atoms with van der Waals surface area (Å²) in [7, 11) is 0. The highest BCUT2D eigenvalue weighted by molar-refractivity contribution is 5.09. The van der Waals surface area contributed by atoms with E-state index in [0.717, 1.165) is 31.9 Å². The minimum atomic E-state index is 0.831. The molecule has 1 aliphatic rings. The molecule has 1 saturated heterocycles. The van der Waals surface area contributed by atoms with Crippen LogP contribution in [0.1, 0.15) is 30.7 Å². The quantitative estimate of drug-likeness (QED) is 0.769. The summed E-state index contributed by atoms with van der Waals surface area (Å²) in [4.78, 5) is 9.68. The summed E-state index contributed by atoms with van der Waals surface area (Å²) in [5, 5.41) is 0. The van der Waals surface area contributed by atoms with E-state index in [-0.39, 0.29) is 0 Å². The summed E-state index contributed by atoms with van der Waals surface area (Å²) in [6.45, 7) is 9.81. The van der Waals surface area contributed by atoms with Crippen LogP contribution in [0.25, 0.3) is 0 Å². The van der Waals surface area contributed by atoms with Crippen molar-refractivity contribution in [2.75, 3.05) is 39.3 Å². The second-order valence-corrected chi connectivity index (χ2v) is 5.74. The van der Waals surface area contributed by atoms with E-state index >= 15 is 0 Å². The standard InChI is InChI=1S/C16H28N4/c1-15-6-5-7-16(18-15)14-20-12-10-19(11-13-20)9-4-2-3-8-17/h5-7H,2-4,8-14,17H2,1H3. The van der Waals surface area contributed by atoms with Crippen LogP contribution in [-0.2, 0) is 6.54 Å². The summed E-state index contributed by atoms with van der Waals surface area (Å²) in [6.07, 6.45) is 3.72. The van der Waals surface area contributed by atoms with Crippen LogP contribution in [0.5, 0.6) is 0 Å². The first-order valence-corrected chi connectivity index (χ1v) is 7.85. The Kier molecular flexibility index (Phi) is 6.43. The van der Waals surface area contributed by atoms with Crippen molar-refractivity contribution < 1.29 is 0 Å². The molecule has 0 aromatic carbocycles. The average Bonchev–Trinajstić information content (AvgIpc) is 2.45. The van der Waals surface area contributed by atoms with Gasteiger partial charge in [0.15, 0.2) is 0 Å².